The number of hydrogen-bond donors (Lipinski definition) is 1. The fourth-order valence-corrected chi connectivity index (χ4v) is 1.96. The molecule has 2 rings (SSSR count). The van der Waals surface area contributed by atoms with Crippen molar-refractivity contribution in [3.8, 4) is 6.07 Å². The number of nitrogens with zero attached hydrogens (tertiary/aromatic N) is 1. The van der Waals surface area contributed by atoms with Gasteiger partial charge in [0.15, 0.2) is 0 Å². The van der Waals surface area contributed by atoms with Crippen molar-refractivity contribution in [2.75, 3.05) is 5.32 Å². The predicted octanol–water partition coefficient (Wildman–Crippen LogP) is 4.21. The normalized spacial score (nSPS) is 10.0. The van der Waals surface area contributed by atoms with Gasteiger partial charge >= 0.3 is 0 Å². The van der Waals surface area contributed by atoms with Gasteiger partial charge in [-0.2, -0.15) is 5.26 Å². The molecule has 96 valence electrons. The summed E-state index contributed by atoms with van der Waals surface area (Å²) in [4.78, 5) is 0. The third-order valence-electron chi connectivity index (χ3n) is 2.58. The molecule has 2 aromatic rings. The third kappa shape index (κ3) is 3.30. The molecular weight excluding hydrogens is 314 g/mol. The molecule has 0 bridgehead atoms. The van der Waals surface area contributed by atoms with Gasteiger partial charge in [0.1, 0.15) is 11.6 Å². The average molecular weight is 323 g/mol. The molecule has 0 aliphatic rings. The summed E-state index contributed by atoms with van der Waals surface area (Å²) >= 11 is 3.08. The van der Waals surface area contributed by atoms with E-state index in [-0.39, 0.29) is 18.2 Å². The monoisotopic (exact) mass is 322 g/mol. The lowest BCUT2D eigenvalue weighted by molar-refractivity contribution is 0.612. The van der Waals surface area contributed by atoms with Crippen LogP contribution in [-0.4, -0.2) is 0 Å². The second kappa shape index (κ2) is 5.81. The summed E-state index contributed by atoms with van der Waals surface area (Å²) in [6.07, 6.45) is 0. The Balaban J connectivity index is 2.14. The summed E-state index contributed by atoms with van der Waals surface area (Å²) in [5.41, 5.74) is 1.45. The Bertz CT molecular complexity index is 650. The fourth-order valence-electron chi connectivity index (χ4n) is 1.58. The predicted molar refractivity (Wildman–Crippen MR) is 72.5 cm³/mol. The zero-order valence-corrected chi connectivity index (χ0v) is 11.3. The van der Waals surface area contributed by atoms with Crippen molar-refractivity contribution in [1.29, 1.82) is 5.26 Å². The largest absolute Gasteiger partial charge is 0.381 e. The Labute approximate surface area is 117 Å². The van der Waals surface area contributed by atoms with Crippen LogP contribution in [0.1, 0.15) is 11.1 Å². The number of hydrogen-bond acceptors (Lipinski definition) is 2. The van der Waals surface area contributed by atoms with Gasteiger partial charge < -0.3 is 5.32 Å². The Morgan fingerprint density at radius 3 is 2.53 bits per heavy atom. The number of benzene rings is 2. The summed E-state index contributed by atoms with van der Waals surface area (Å²) < 4.78 is 26.9. The number of anilines is 1. The van der Waals surface area contributed by atoms with Crippen molar-refractivity contribution in [3.05, 3.63) is 63.6 Å². The molecule has 0 aliphatic carbocycles. The quantitative estimate of drug-likeness (QED) is 0.918. The molecule has 5 heteroatoms. The van der Waals surface area contributed by atoms with E-state index in [2.05, 4.69) is 21.2 Å². The standard InChI is InChI=1S/C14H9BrF2N2/c15-12-6-11(2-4-14(12)17)19-8-10-5-9(7-18)1-3-13(10)16/h1-6,19H,8H2. The van der Waals surface area contributed by atoms with Gasteiger partial charge in [-0.1, -0.05) is 0 Å². The Kier molecular flexibility index (Phi) is 4.13. The van der Waals surface area contributed by atoms with E-state index < -0.39 is 0 Å². The maximum absolute atomic E-state index is 13.5. The topological polar surface area (TPSA) is 35.8 Å². The first kappa shape index (κ1) is 13.5. The van der Waals surface area contributed by atoms with E-state index in [1.807, 2.05) is 6.07 Å². The second-order valence-corrected chi connectivity index (χ2v) is 4.75. The molecule has 0 amide bonds. The zero-order valence-electron chi connectivity index (χ0n) is 9.75. The molecule has 0 radical (unpaired) electrons. The van der Waals surface area contributed by atoms with Gasteiger partial charge in [-0.3, -0.25) is 0 Å². The van der Waals surface area contributed by atoms with E-state index in [0.29, 0.717) is 21.3 Å². The van der Waals surface area contributed by atoms with Crippen molar-refractivity contribution in [2.24, 2.45) is 0 Å². The van der Waals surface area contributed by atoms with Crippen molar-refractivity contribution in [2.45, 2.75) is 6.54 Å². The molecule has 19 heavy (non-hydrogen) atoms. The lowest BCUT2D eigenvalue weighted by Gasteiger charge is -2.08. The first-order chi connectivity index (χ1) is 9.10. The van der Waals surface area contributed by atoms with Gasteiger partial charge in [0.05, 0.1) is 16.1 Å². The summed E-state index contributed by atoms with van der Waals surface area (Å²) in [6, 6.07) is 10.6. The van der Waals surface area contributed by atoms with Crippen LogP contribution in [0.25, 0.3) is 0 Å². The minimum atomic E-state index is -0.382. The van der Waals surface area contributed by atoms with Crippen molar-refractivity contribution in [1.82, 2.24) is 0 Å². The van der Waals surface area contributed by atoms with Crippen LogP contribution in [0.5, 0.6) is 0 Å². The Hall–Kier alpha value is -1.93. The number of nitrogens with one attached hydrogen (secondary N) is 1. The van der Waals surface area contributed by atoms with Gasteiger partial charge in [0, 0.05) is 17.8 Å². The minimum absolute atomic E-state index is 0.222. The minimum Gasteiger partial charge on any atom is -0.381 e. The lowest BCUT2D eigenvalue weighted by Crippen LogP contribution is -2.02. The number of halogens is 3. The molecule has 0 aromatic heterocycles. The first-order valence-corrected chi connectivity index (χ1v) is 6.27. The van der Waals surface area contributed by atoms with Crippen LogP contribution in [0.4, 0.5) is 14.5 Å². The molecule has 2 nitrogen and oxygen atoms in total. The van der Waals surface area contributed by atoms with Gasteiger partial charge in [0.2, 0.25) is 0 Å². The molecule has 0 saturated heterocycles. The molecule has 2 aromatic carbocycles. The highest BCUT2D eigenvalue weighted by atomic mass is 79.9. The molecule has 0 unspecified atom stereocenters. The van der Waals surface area contributed by atoms with Gasteiger partial charge in [-0.05, 0) is 52.3 Å². The van der Waals surface area contributed by atoms with Crippen LogP contribution in [-0.2, 0) is 6.54 Å². The van der Waals surface area contributed by atoms with Crippen LogP contribution in [0.3, 0.4) is 0 Å². The highest BCUT2D eigenvalue weighted by molar-refractivity contribution is 9.10. The summed E-state index contributed by atoms with van der Waals surface area (Å²) in [5, 5.41) is 11.7. The van der Waals surface area contributed by atoms with Crippen LogP contribution in [0.2, 0.25) is 0 Å². The highest BCUT2D eigenvalue weighted by Gasteiger charge is 2.05. The van der Waals surface area contributed by atoms with Crippen molar-refractivity contribution < 1.29 is 8.78 Å². The van der Waals surface area contributed by atoms with Crippen LogP contribution in [0, 0.1) is 23.0 Å². The van der Waals surface area contributed by atoms with Gasteiger partial charge in [-0.15, -0.1) is 0 Å². The van der Waals surface area contributed by atoms with Crippen molar-refractivity contribution >= 4 is 21.6 Å². The van der Waals surface area contributed by atoms with Crippen LogP contribution >= 0.6 is 15.9 Å². The molecule has 0 aliphatic heterocycles. The van der Waals surface area contributed by atoms with Crippen LogP contribution in [0.15, 0.2) is 40.9 Å². The van der Waals surface area contributed by atoms with Crippen molar-refractivity contribution in [3.63, 3.8) is 0 Å². The first-order valence-electron chi connectivity index (χ1n) is 5.47. The molecule has 1 N–H and O–H groups in total. The highest BCUT2D eigenvalue weighted by Crippen LogP contribution is 2.21. The fraction of sp³-hybridized carbons (Fsp3) is 0.0714. The summed E-state index contributed by atoms with van der Waals surface area (Å²) in [5.74, 6) is -0.740. The maximum Gasteiger partial charge on any atom is 0.137 e. The van der Waals surface area contributed by atoms with E-state index in [9.17, 15) is 8.78 Å². The Morgan fingerprint density at radius 1 is 1.11 bits per heavy atom. The number of nitriles is 1. The summed E-state index contributed by atoms with van der Waals surface area (Å²) in [6.45, 7) is 0.222. The van der Waals surface area contributed by atoms with E-state index in [4.69, 9.17) is 5.26 Å². The van der Waals surface area contributed by atoms with E-state index in [1.165, 1.54) is 24.3 Å². The molecule has 0 heterocycles. The molecule has 0 atom stereocenters. The third-order valence-corrected chi connectivity index (χ3v) is 3.19. The van der Waals surface area contributed by atoms with Gasteiger partial charge in [0.25, 0.3) is 0 Å². The molecular formula is C14H9BrF2N2. The average Bonchev–Trinajstić information content (AvgIpc) is 2.41. The van der Waals surface area contributed by atoms with Crippen LogP contribution < -0.4 is 5.32 Å². The second-order valence-electron chi connectivity index (χ2n) is 3.90. The smallest absolute Gasteiger partial charge is 0.137 e. The molecule has 0 spiro atoms. The lowest BCUT2D eigenvalue weighted by atomic mass is 10.1. The molecule has 0 fully saturated rings. The van der Waals surface area contributed by atoms with E-state index in [0.717, 1.165) is 0 Å². The number of rotatable bonds is 3. The van der Waals surface area contributed by atoms with E-state index in [1.54, 1.807) is 12.1 Å². The van der Waals surface area contributed by atoms with Gasteiger partial charge in [-0.25, -0.2) is 8.78 Å². The SMILES string of the molecule is N#Cc1ccc(F)c(CNc2ccc(F)c(Br)c2)c1. The summed E-state index contributed by atoms with van der Waals surface area (Å²) in [7, 11) is 0. The Morgan fingerprint density at radius 2 is 1.84 bits per heavy atom. The van der Waals surface area contributed by atoms with E-state index >= 15 is 0 Å². The molecule has 0 saturated carbocycles. The zero-order chi connectivity index (χ0) is 13.8. The maximum atomic E-state index is 13.5.